The van der Waals surface area contributed by atoms with Crippen LogP contribution < -0.4 is 4.74 Å². The third-order valence-electron chi connectivity index (χ3n) is 1.97. The maximum atomic E-state index is 11.4. The van der Waals surface area contributed by atoms with E-state index in [-0.39, 0.29) is 0 Å². The van der Waals surface area contributed by atoms with E-state index >= 15 is 0 Å². The minimum Gasteiger partial charge on any atom is -0.497 e. The molecule has 0 bridgehead atoms. The van der Waals surface area contributed by atoms with Gasteiger partial charge in [-0.1, -0.05) is 12.1 Å². The zero-order valence-corrected chi connectivity index (χ0v) is 11.2. The molecule has 3 nitrogen and oxygen atoms in total. The summed E-state index contributed by atoms with van der Waals surface area (Å²) in [4.78, 5) is 11.4. The lowest BCUT2D eigenvalue weighted by molar-refractivity contribution is -0.148. The van der Waals surface area contributed by atoms with Gasteiger partial charge in [0, 0.05) is 0 Å². The summed E-state index contributed by atoms with van der Waals surface area (Å²) in [7, 11) is 1.62. The molecule has 18 heavy (non-hydrogen) atoms. The first-order valence-electron chi connectivity index (χ1n) is 5.70. The summed E-state index contributed by atoms with van der Waals surface area (Å²) in [6.07, 6.45) is 3.00. The van der Waals surface area contributed by atoms with Crippen molar-refractivity contribution >= 4 is 12.0 Å². The summed E-state index contributed by atoms with van der Waals surface area (Å²) in [5.41, 5.74) is 3.26. The summed E-state index contributed by atoms with van der Waals surface area (Å²) in [6, 6.07) is 7.46. The highest BCUT2D eigenvalue weighted by Crippen LogP contribution is 2.12. The minimum absolute atomic E-state index is 0.396. The van der Waals surface area contributed by atoms with E-state index < -0.39 is 11.6 Å². The van der Waals surface area contributed by atoms with E-state index in [1.165, 1.54) is 6.08 Å². The molecule has 0 saturated heterocycles. The van der Waals surface area contributed by atoms with Gasteiger partial charge in [0.1, 0.15) is 11.4 Å². The van der Waals surface area contributed by atoms with Crippen LogP contribution in [0.3, 0.4) is 0 Å². The van der Waals surface area contributed by atoms with Gasteiger partial charge in [0.2, 0.25) is 0 Å². The van der Waals surface area contributed by atoms with Gasteiger partial charge in [0.25, 0.3) is 0 Å². The molecule has 0 N–H and O–H groups in total. The second kappa shape index (κ2) is 6.08. The molecule has 96 valence electrons. The molecule has 0 spiro atoms. The molecular weight excluding hydrogens is 228 g/mol. The average Bonchev–Trinajstić information content (AvgIpc) is 2.27. The quantitative estimate of drug-likeness (QED) is 0.466. The average molecular weight is 246 g/mol. The van der Waals surface area contributed by atoms with Crippen molar-refractivity contribution in [1.82, 2.24) is 0 Å². The lowest BCUT2D eigenvalue weighted by Gasteiger charge is -2.17. The summed E-state index contributed by atoms with van der Waals surface area (Å²) >= 11 is 0. The molecule has 0 atom stereocenters. The van der Waals surface area contributed by atoms with Gasteiger partial charge in [0.05, 0.1) is 13.2 Å². The van der Waals surface area contributed by atoms with Gasteiger partial charge >= 0.3 is 5.97 Å². The number of hydrogen-bond acceptors (Lipinski definition) is 3. The Kier molecular flexibility index (Phi) is 4.75. The van der Waals surface area contributed by atoms with Crippen LogP contribution in [0.1, 0.15) is 26.3 Å². The van der Waals surface area contributed by atoms with E-state index in [4.69, 9.17) is 9.47 Å². The maximum Gasteiger partial charge on any atom is 0.339 e. The predicted molar refractivity (Wildman–Crippen MR) is 71.4 cm³/mol. The number of methoxy groups -OCH3 is 1. The van der Waals surface area contributed by atoms with Gasteiger partial charge in [-0.25, -0.2) is 4.79 Å². The third-order valence-corrected chi connectivity index (χ3v) is 1.97. The molecule has 0 amide bonds. The van der Waals surface area contributed by atoms with Gasteiger partial charge in [-0.05, 0) is 44.5 Å². The van der Waals surface area contributed by atoms with E-state index in [1.807, 2.05) is 45.0 Å². The van der Waals surface area contributed by atoms with Crippen molar-refractivity contribution in [3.63, 3.8) is 0 Å². The molecule has 0 aliphatic heterocycles. The molecule has 0 aliphatic carbocycles. The Bertz CT molecular complexity index is 458. The van der Waals surface area contributed by atoms with Gasteiger partial charge in [-0.15, -0.1) is 5.73 Å². The number of carbonyl (C=O) groups excluding carboxylic acids is 1. The maximum absolute atomic E-state index is 11.4. The van der Waals surface area contributed by atoms with E-state index in [9.17, 15) is 4.79 Å². The molecule has 1 aromatic rings. The van der Waals surface area contributed by atoms with Gasteiger partial charge in [-0.3, -0.25) is 0 Å². The number of carbonyl (C=O) groups is 1. The SMILES string of the molecule is COc1ccc(C=C=CC(=O)OC(C)(C)C)cc1. The Morgan fingerprint density at radius 1 is 1.22 bits per heavy atom. The molecule has 0 aliphatic rings. The predicted octanol–water partition coefficient (Wildman–Crippen LogP) is 3.21. The summed E-state index contributed by atoms with van der Waals surface area (Å²) in [5, 5.41) is 0. The van der Waals surface area contributed by atoms with Crippen molar-refractivity contribution < 1.29 is 14.3 Å². The molecule has 0 saturated carbocycles. The fourth-order valence-corrected chi connectivity index (χ4v) is 1.24. The molecule has 3 heteroatoms. The van der Waals surface area contributed by atoms with Crippen molar-refractivity contribution in [2.45, 2.75) is 26.4 Å². The number of rotatable bonds is 3. The normalized spacial score (nSPS) is 10.2. The largest absolute Gasteiger partial charge is 0.497 e. The number of ether oxygens (including phenoxy) is 2. The Morgan fingerprint density at radius 3 is 2.33 bits per heavy atom. The first kappa shape index (κ1) is 14.1. The van der Waals surface area contributed by atoms with Crippen LogP contribution in [0.5, 0.6) is 5.75 Å². The van der Waals surface area contributed by atoms with Crippen molar-refractivity contribution in [2.75, 3.05) is 7.11 Å². The number of hydrogen-bond donors (Lipinski definition) is 0. The van der Waals surface area contributed by atoms with Crippen LogP contribution in [0.4, 0.5) is 0 Å². The van der Waals surface area contributed by atoms with Crippen molar-refractivity contribution in [3.8, 4) is 5.75 Å². The Balaban J connectivity index is 2.65. The summed E-state index contributed by atoms with van der Waals surface area (Å²) in [5.74, 6) is 0.399. The van der Waals surface area contributed by atoms with Crippen LogP contribution >= 0.6 is 0 Å². The fourth-order valence-electron chi connectivity index (χ4n) is 1.24. The zero-order valence-electron chi connectivity index (χ0n) is 11.2. The third kappa shape index (κ3) is 5.37. The van der Waals surface area contributed by atoms with Crippen molar-refractivity contribution in [3.05, 3.63) is 41.6 Å². The fraction of sp³-hybridized carbons (Fsp3) is 0.333. The Labute approximate surface area is 108 Å². The molecule has 1 rings (SSSR count). The van der Waals surface area contributed by atoms with E-state index in [0.717, 1.165) is 11.3 Å². The molecule has 0 radical (unpaired) electrons. The number of benzene rings is 1. The van der Waals surface area contributed by atoms with E-state index in [0.29, 0.717) is 0 Å². The van der Waals surface area contributed by atoms with Gasteiger partial charge < -0.3 is 9.47 Å². The molecular formula is C15H18O3. The second-order valence-electron chi connectivity index (χ2n) is 4.76. The van der Waals surface area contributed by atoms with Gasteiger partial charge in [-0.2, -0.15) is 0 Å². The van der Waals surface area contributed by atoms with Crippen LogP contribution in [0.25, 0.3) is 6.08 Å². The Hall–Kier alpha value is -1.99. The molecule has 0 unspecified atom stereocenters. The minimum atomic E-state index is -0.477. The first-order valence-corrected chi connectivity index (χ1v) is 5.70. The van der Waals surface area contributed by atoms with Crippen molar-refractivity contribution in [2.24, 2.45) is 0 Å². The highest BCUT2D eigenvalue weighted by molar-refractivity contribution is 5.82. The second-order valence-corrected chi connectivity index (χ2v) is 4.76. The van der Waals surface area contributed by atoms with Crippen LogP contribution in [0, 0.1) is 0 Å². The molecule has 1 aromatic carbocycles. The highest BCUT2D eigenvalue weighted by Gasteiger charge is 2.13. The van der Waals surface area contributed by atoms with E-state index in [1.54, 1.807) is 13.2 Å². The number of esters is 1. The summed E-state index contributed by atoms with van der Waals surface area (Å²) in [6.45, 7) is 5.48. The van der Waals surface area contributed by atoms with Gasteiger partial charge in [0.15, 0.2) is 0 Å². The highest BCUT2D eigenvalue weighted by atomic mass is 16.6. The Morgan fingerprint density at radius 2 is 1.83 bits per heavy atom. The first-order chi connectivity index (χ1) is 8.40. The van der Waals surface area contributed by atoms with Crippen LogP contribution in [-0.2, 0) is 9.53 Å². The van der Waals surface area contributed by atoms with Crippen molar-refractivity contribution in [1.29, 1.82) is 0 Å². The topological polar surface area (TPSA) is 35.5 Å². The molecule has 0 heterocycles. The molecule has 0 aromatic heterocycles. The smallest absolute Gasteiger partial charge is 0.339 e. The monoisotopic (exact) mass is 246 g/mol. The zero-order chi connectivity index (χ0) is 13.6. The van der Waals surface area contributed by atoms with E-state index in [2.05, 4.69) is 5.73 Å². The van der Waals surface area contributed by atoms with Crippen LogP contribution in [-0.4, -0.2) is 18.7 Å². The van der Waals surface area contributed by atoms with Crippen LogP contribution in [0.2, 0.25) is 0 Å². The lowest BCUT2D eigenvalue weighted by Crippen LogP contribution is -2.22. The standard InChI is InChI=1S/C15H18O3/c1-15(2,3)18-14(16)7-5-6-12-8-10-13(17-4)11-9-12/h6-11H,1-4H3. The van der Waals surface area contributed by atoms with Crippen LogP contribution in [0.15, 0.2) is 36.1 Å². The lowest BCUT2D eigenvalue weighted by atomic mass is 10.2. The molecule has 0 fully saturated rings. The summed E-state index contributed by atoms with van der Waals surface area (Å²) < 4.78 is 10.2.